The summed E-state index contributed by atoms with van der Waals surface area (Å²) in [4.78, 5) is 0. The molecule has 2 aliphatic rings. The summed E-state index contributed by atoms with van der Waals surface area (Å²) in [7, 11) is 0. The van der Waals surface area contributed by atoms with E-state index in [0.717, 1.165) is 12.8 Å². The minimum absolute atomic E-state index is 0.0575. The number of aliphatic hydroxyl groups excluding tert-OH is 2. The monoisotopic (exact) mass is 215 g/mol. The molecule has 1 saturated carbocycles. The van der Waals surface area contributed by atoms with Crippen molar-refractivity contribution < 1.29 is 14.9 Å². The number of hydrogen-bond donors (Lipinski definition) is 3. The highest BCUT2D eigenvalue weighted by atomic mass is 16.5. The van der Waals surface area contributed by atoms with Gasteiger partial charge in [0.05, 0.1) is 25.4 Å². The maximum absolute atomic E-state index is 9.63. The average molecular weight is 215 g/mol. The first-order valence-electron chi connectivity index (χ1n) is 5.94. The van der Waals surface area contributed by atoms with Gasteiger partial charge in [-0.2, -0.15) is 0 Å². The lowest BCUT2D eigenvalue weighted by Gasteiger charge is -2.33. The molecule has 3 N–H and O–H groups in total. The van der Waals surface area contributed by atoms with Crippen LogP contribution in [0.25, 0.3) is 0 Å². The molecule has 4 unspecified atom stereocenters. The molecule has 1 aliphatic carbocycles. The lowest BCUT2D eigenvalue weighted by atomic mass is 9.84. The maximum atomic E-state index is 9.63. The zero-order valence-electron chi connectivity index (χ0n) is 9.06. The van der Waals surface area contributed by atoms with E-state index in [9.17, 15) is 10.2 Å². The fourth-order valence-corrected chi connectivity index (χ4v) is 2.62. The average Bonchev–Trinajstić information content (AvgIpc) is 2.65. The molecule has 0 spiro atoms. The van der Waals surface area contributed by atoms with E-state index in [4.69, 9.17) is 4.74 Å². The van der Waals surface area contributed by atoms with E-state index in [-0.39, 0.29) is 18.8 Å². The van der Waals surface area contributed by atoms with E-state index in [1.54, 1.807) is 0 Å². The van der Waals surface area contributed by atoms with Gasteiger partial charge in [0.1, 0.15) is 0 Å². The minimum Gasteiger partial charge on any atom is -0.396 e. The van der Waals surface area contributed by atoms with Crippen molar-refractivity contribution in [1.29, 1.82) is 0 Å². The fraction of sp³-hybridized carbons (Fsp3) is 1.00. The van der Waals surface area contributed by atoms with Crippen LogP contribution in [0.3, 0.4) is 0 Å². The summed E-state index contributed by atoms with van der Waals surface area (Å²) in [6.45, 7) is 1.28. The molecule has 0 aromatic heterocycles. The number of nitrogens with one attached hydrogen (secondary N) is 1. The van der Waals surface area contributed by atoms with Gasteiger partial charge in [0, 0.05) is 12.6 Å². The summed E-state index contributed by atoms with van der Waals surface area (Å²) in [6, 6.07) is 0.409. The first kappa shape index (κ1) is 11.3. The van der Waals surface area contributed by atoms with E-state index in [2.05, 4.69) is 5.32 Å². The second kappa shape index (κ2) is 5.25. The van der Waals surface area contributed by atoms with Crippen LogP contribution in [0.4, 0.5) is 0 Å². The van der Waals surface area contributed by atoms with E-state index >= 15 is 0 Å². The van der Waals surface area contributed by atoms with Crippen molar-refractivity contribution in [3.8, 4) is 0 Å². The van der Waals surface area contributed by atoms with E-state index in [1.165, 1.54) is 12.8 Å². The first-order valence-corrected chi connectivity index (χ1v) is 5.94. The molecule has 0 radical (unpaired) electrons. The van der Waals surface area contributed by atoms with Crippen LogP contribution in [0, 0.1) is 5.92 Å². The van der Waals surface area contributed by atoms with Crippen LogP contribution in [-0.4, -0.2) is 48.2 Å². The van der Waals surface area contributed by atoms with Gasteiger partial charge < -0.3 is 20.3 Å². The van der Waals surface area contributed by atoms with E-state index < -0.39 is 0 Å². The SMILES string of the molecule is OCC1CCCCC1NC1COCC1O. The third-order valence-corrected chi connectivity index (χ3v) is 3.62. The van der Waals surface area contributed by atoms with Crippen LogP contribution < -0.4 is 5.32 Å². The third-order valence-electron chi connectivity index (χ3n) is 3.62. The van der Waals surface area contributed by atoms with Crippen molar-refractivity contribution in [1.82, 2.24) is 5.32 Å². The summed E-state index contributed by atoms with van der Waals surface area (Å²) < 4.78 is 5.20. The molecular weight excluding hydrogens is 194 g/mol. The molecule has 88 valence electrons. The number of hydrogen-bond acceptors (Lipinski definition) is 4. The van der Waals surface area contributed by atoms with Crippen LogP contribution in [0.5, 0.6) is 0 Å². The lowest BCUT2D eigenvalue weighted by Crippen LogP contribution is -2.49. The molecule has 0 aromatic rings. The van der Waals surface area contributed by atoms with Crippen LogP contribution >= 0.6 is 0 Å². The Hall–Kier alpha value is -0.160. The summed E-state index contributed by atoms with van der Waals surface area (Å²) in [6.07, 6.45) is 4.25. The van der Waals surface area contributed by atoms with Crippen molar-refractivity contribution in [3.63, 3.8) is 0 Å². The minimum atomic E-state index is -0.383. The lowest BCUT2D eigenvalue weighted by molar-refractivity contribution is 0.108. The number of rotatable bonds is 3. The first-order chi connectivity index (χ1) is 7.31. The Bertz CT molecular complexity index is 200. The summed E-state index contributed by atoms with van der Waals surface area (Å²) in [5.74, 6) is 0.353. The molecule has 0 bridgehead atoms. The van der Waals surface area contributed by atoms with Gasteiger partial charge in [-0.1, -0.05) is 12.8 Å². The van der Waals surface area contributed by atoms with Crippen molar-refractivity contribution in [2.24, 2.45) is 5.92 Å². The Morgan fingerprint density at radius 3 is 2.60 bits per heavy atom. The quantitative estimate of drug-likeness (QED) is 0.614. The van der Waals surface area contributed by atoms with Crippen molar-refractivity contribution in [2.75, 3.05) is 19.8 Å². The predicted molar refractivity (Wildman–Crippen MR) is 56.6 cm³/mol. The highest BCUT2D eigenvalue weighted by molar-refractivity contribution is 4.88. The van der Waals surface area contributed by atoms with Gasteiger partial charge in [0.25, 0.3) is 0 Å². The largest absolute Gasteiger partial charge is 0.396 e. The van der Waals surface area contributed by atoms with Crippen LogP contribution in [0.1, 0.15) is 25.7 Å². The van der Waals surface area contributed by atoms with Gasteiger partial charge in [-0.15, -0.1) is 0 Å². The molecule has 4 nitrogen and oxygen atoms in total. The van der Waals surface area contributed by atoms with Crippen molar-refractivity contribution in [2.45, 2.75) is 43.9 Å². The molecule has 0 amide bonds. The molecule has 2 fully saturated rings. The van der Waals surface area contributed by atoms with Crippen molar-refractivity contribution in [3.05, 3.63) is 0 Å². The van der Waals surface area contributed by atoms with Gasteiger partial charge in [-0.3, -0.25) is 0 Å². The molecular formula is C11H21NO3. The van der Waals surface area contributed by atoms with E-state index in [0.29, 0.717) is 25.2 Å². The van der Waals surface area contributed by atoms with Gasteiger partial charge in [0.15, 0.2) is 0 Å². The number of aliphatic hydroxyl groups is 2. The zero-order chi connectivity index (χ0) is 10.7. The normalized spacial score (nSPS) is 42.0. The van der Waals surface area contributed by atoms with Gasteiger partial charge in [0.2, 0.25) is 0 Å². The highest BCUT2D eigenvalue weighted by Gasteiger charge is 2.32. The molecule has 15 heavy (non-hydrogen) atoms. The van der Waals surface area contributed by atoms with Gasteiger partial charge in [-0.05, 0) is 18.8 Å². The van der Waals surface area contributed by atoms with Crippen molar-refractivity contribution >= 4 is 0 Å². The molecule has 4 heteroatoms. The highest BCUT2D eigenvalue weighted by Crippen LogP contribution is 2.25. The topological polar surface area (TPSA) is 61.7 Å². The fourth-order valence-electron chi connectivity index (χ4n) is 2.62. The van der Waals surface area contributed by atoms with Crippen LogP contribution in [-0.2, 0) is 4.74 Å². The Morgan fingerprint density at radius 1 is 1.13 bits per heavy atom. The Morgan fingerprint density at radius 2 is 1.93 bits per heavy atom. The summed E-state index contributed by atoms with van der Waals surface area (Å²) in [5, 5.41) is 22.3. The zero-order valence-corrected chi connectivity index (χ0v) is 9.06. The van der Waals surface area contributed by atoms with E-state index in [1.807, 2.05) is 0 Å². The maximum Gasteiger partial charge on any atom is 0.0948 e. The molecule has 1 aliphatic heterocycles. The van der Waals surface area contributed by atoms with Gasteiger partial charge >= 0.3 is 0 Å². The number of ether oxygens (including phenoxy) is 1. The van der Waals surface area contributed by atoms with Crippen LogP contribution in [0.15, 0.2) is 0 Å². The molecule has 4 atom stereocenters. The molecule has 0 aromatic carbocycles. The summed E-state index contributed by atoms with van der Waals surface area (Å²) in [5.41, 5.74) is 0. The Labute approximate surface area is 90.6 Å². The standard InChI is InChI=1S/C11H21NO3/c13-5-8-3-1-2-4-9(8)12-10-6-15-7-11(10)14/h8-14H,1-7H2. The third kappa shape index (κ3) is 2.69. The summed E-state index contributed by atoms with van der Waals surface area (Å²) >= 11 is 0. The predicted octanol–water partition coefficient (Wildman–Crippen LogP) is -0.113. The smallest absolute Gasteiger partial charge is 0.0948 e. The molecule has 1 saturated heterocycles. The second-order valence-corrected chi connectivity index (χ2v) is 4.71. The van der Waals surface area contributed by atoms with Gasteiger partial charge in [-0.25, -0.2) is 0 Å². The Balaban J connectivity index is 1.85. The Kier molecular flexibility index (Phi) is 3.97. The molecule has 1 heterocycles. The second-order valence-electron chi connectivity index (χ2n) is 4.71. The molecule has 2 rings (SSSR count). The van der Waals surface area contributed by atoms with Crippen LogP contribution in [0.2, 0.25) is 0 Å².